The zero-order chi connectivity index (χ0) is 23.8. The molecule has 33 heavy (non-hydrogen) atoms. The third-order valence-corrected chi connectivity index (χ3v) is 5.46. The van der Waals surface area contributed by atoms with Crippen LogP contribution in [0.3, 0.4) is 0 Å². The summed E-state index contributed by atoms with van der Waals surface area (Å²) >= 11 is 5.97. The molecule has 0 amide bonds. The van der Waals surface area contributed by atoms with Gasteiger partial charge in [-0.15, -0.1) is 0 Å². The Hall–Kier alpha value is -3.10. The van der Waals surface area contributed by atoms with E-state index in [0.29, 0.717) is 10.7 Å². The van der Waals surface area contributed by atoms with E-state index in [1.54, 1.807) is 24.3 Å². The van der Waals surface area contributed by atoms with Gasteiger partial charge < -0.3 is 15.2 Å². The number of hydrogen-bond donors (Lipinski definition) is 2. The van der Waals surface area contributed by atoms with E-state index >= 15 is 0 Å². The summed E-state index contributed by atoms with van der Waals surface area (Å²) in [5.74, 6) is 0.867. The van der Waals surface area contributed by atoms with Crippen molar-refractivity contribution in [3.8, 4) is 5.75 Å². The van der Waals surface area contributed by atoms with Crippen molar-refractivity contribution < 1.29 is 9.84 Å². The van der Waals surface area contributed by atoms with Crippen LogP contribution in [0.5, 0.6) is 5.75 Å². The van der Waals surface area contributed by atoms with E-state index in [1.807, 2.05) is 24.3 Å². The molecule has 1 heterocycles. The molecule has 0 radical (unpaired) electrons. The average Bonchev–Trinajstić information content (AvgIpc) is 2.81. The summed E-state index contributed by atoms with van der Waals surface area (Å²) in [7, 11) is 0. The molecule has 2 aromatic carbocycles. The largest absolute Gasteiger partial charge is 0.490 e. The van der Waals surface area contributed by atoms with Crippen LogP contribution in [0.4, 0.5) is 11.6 Å². The molecular weight excluding hydrogens is 444 g/mol. The minimum atomic E-state index is -0.728. The van der Waals surface area contributed by atoms with E-state index < -0.39 is 11.4 Å². The summed E-state index contributed by atoms with van der Waals surface area (Å²) in [6.07, 6.45) is 3.14. The first-order valence-electron chi connectivity index (χ1n) is 11.1. The molecule has 0 aliphatic carbocycles. The molecule has 3 aromatic rings. The van der Waals surface area contributed by atoms with Crippen LogP contribution >= 0.6 is 11.6 Å². The van der Waals surface area contributed by atoms with Crippen LogP contribution in [-0.2, 0) is 13.1 Å². The minimum absolute atomic E-state index is 0.111. The van der Waals surface area contributed by atoms with Gasteiger partial charge in [0.15, 0.2) is 0 Å². The number of rotatable bonds is 11. The predicted molar refractivity (Wildman–Crippen MR) is 130 cm³/mol. The van der Waals surface area contributed by atoms with Crippen LogP contribution in [0.2, 0.25) is 5.02 Å². The number of nitrogens with zero attached hydrogens (tertiary/aromatic N) is 3. The summed E-state index contributed by atoms with van der Waals surface area (Å²) in [4.78, 5) is 29.5. The maximum Gasteiger partial charge on any atom is 0.355 e. The molecule has 1 unspecified atom stereocenters. The maximum absolute atomic E-state index is 13.0. The van der Waals surface area contributed by atoms with Gasteiger partial charge in [0.2, 0.25) is 5.95 Å². The second-order valence-corrected chi connectivity index (χ2v) is 8.11. The second-order valence-electron chi connectivity index (χ2n) is 7.67. The number of nitrogens with one attached hydrogen (secondary N) is 1. The molecule has 176 valence electrons. The lowest BCUT2D eigenvalue weighted by atomic mass is 10.1. The van der Waals surface area contributed by atoms with E-state index in [0.717, 1.165) is 35.1 Å². The fraction of sp³-hybridized carbons (Fsp3) is 0.375. The Morgan fingerprint density at radius 1 is 1.06 bits per heavy atom. The zero-order valence-electron chi connectivity index (χ0n) is 18.8. The van der Waals surface area contributed by atoms with Crippen LogP contribution in [0.25, 0.3) is 0 Å². The van der Waals surface area contributed by atoms with Gasteiger partial charge in [-0.2, -0.15) is 4.98 Å². The second kappa shape index (κ2) is 11.7. The Kier molecular flexibility index (Phi) is 8.68. The monoisotopic (exact) mass is 472 g/mol. The summed E-state index contributed by atoms with van der Waals surface area (Å²) in [5, 5.41) is 12.9. The molecule has 0 fully saturated rings. The van der Waals surface area contributed by atoms with Crippen molar-refractivity contribution >= 4 is 23.2 Å². The van der Waals surface area contributed by atoms with Crippen molar-refractivity contribution in [2.45, 2.75) is 52.3 Å². The van der Waals surface area contributed by atoms with Crippen molar-refractivity contribution in [1.82, 2.24) is 14.1 Å². The molecule has 0 saturated carbocycles. The van der Waals surface area contributed by atoms with E-state index in [2.05, 4.69) is 24.1 Å². The van der Waals surface area contributed by atoms with Gasteiger partial charge in [-0.3, -0.25) is 4.57 Å². The predicted octanol–water partition coefficient (Wildman–Crippen LogP) is 3.80. The molecule has 0 saturated heterocycles. The Morgan fingerprint density at radius 3 is 2.36 bits per heavy atom. The third-order valence-electron chi connectivity index (χ3n) is 5.21. The van der Waals surface area contributed by atoms with Crippen molar-refractivity contribution in [3.05, 3.63) is 80.1 Å². The molecule has 0 aliphatic rings. The zero-order valence-corrected chi connectivity index (χ0v) is 19.6. The molecule has 1 atom stereocenters. The first-order valence-corrected chi connectivity index (χ1v) is 11.4. The highest BCUT2D eigenvalue weighted by molar-refractivity contribution is 6.30. The average molecular weight is 473 g/mol. The number of benzene rings is 2. The summed E-state index contributed by atoms with van der Waals surface area (Å²) in [5.41, 5.74) is 0.175. The minimum Gasteiger partial charge on any atom is -0.490 e. The topological polar surface area (TPSA) is 98.4 Å². The molecular formula is C24H29ClN4O4. The molecule has 0 aliphatic heterocycles. The van der Waals surface area contributed by atoms with E-state index in [9.17, 15) is 14.7 Å². The highest BCUT2D eigenvalue weighted by Crippen LogP contribution is 2.21. The van der Waals surface area contributed by atoms with E-state index in [4.69, 9.17) is 16.3 Å². The van der Waals surface area contributed by atoms with Crippen molar-refractivity contribution in [3.63, 3.8) is 0 Å². The quantitative estimate of drug-likeness (QED) is 0.440. The fourth-order valence-corrected chi connectivity index (χ4v) is 3.56. The molecule has 0 bridgehead atoms. The Balaban J connectivity index is 1.90. The van der Waals surface area contributed by atoms with Crippen LogP contribution in [0, 0.1) is 0 Å². The smallest absolute Gasteiger partial charge is 0.355 e. The standard InChI is InChI=1S/C24H29ClN4O4/c1-3-5-20(4-2)33-21-12-10-19(11-13-21)26-22-27-23(31)28(14-15-30)24(32)29(22)16-17-6-8-18(25)9-7-17/h6-13,20,30H,3-5,14-16H2,1-2H3,(H,26,27,31). The number of aromatic nitrogens is 3. The van der Waals surface area contributed by atoms with Gasteiger partial charge >= 0.3 is 11.4 Å². The lowest BCUT2D eigenvalue weighted by molar-refractivity contribution is 0.186. The normalized spacial score (nSPS) is 11.9. The summed E-state index contributed by atoms with van der Waals surface area (Å²) in [6, 6.07) is 14.4. The van der Waals surface area contributed by atoms with Gasteiger partial charge in [0.05, 0.1) is 25.8 Å². The summed E-state index contributed by atoms with van der Waals surface area (Å²) in [6.45, 7) is 3.93. The lowest BCUT2D eigenvalue weighted by Gasteiger charge is -2.18. The van der Waals surface area contributed by atoms with Gasteiger partial charge in [-0.05, 0) is 54.8 Å². The fourth-order valence-electron chi connectivity index (χ4n) is 3.44. The Morgan fingerprint density at radius 2 is 1.76 bits per heavy atom. The highest BCUT2D eigenvalue weighted by Gasteiger charge is 2.14. The van der Waals surface area contributed by atoms with Crippen molar-refractivity contribution in [1.29, 1.82) is 0 Å². The molecule has 0 spiro atoms. The van der Waals surface area contributed by atoms with Crippen molar-refractivity contribution in [2.24, 2.45) is 0 Å². The Bertz CT molecular complexity index is 1160. The number of ether oxygens (including phenoxy) is 1. The first kappa shape index (κ1) is 24.5. The number of hydrogen-bond acceptors (Lipinski definition) is 6. The maximum atomic E-state index is 13.0. The SMILES string of the molecule is CCCC(CC)Oc1ccc(Nc2nc(=O)n(CCO)c(=O)n2Cc2ccc(Cl)cc2)cc1. The molecule has 3 rings (SSSR count). The van der Waals surface area contributed by atoms with Gasteiger partial charge in [0.25, 0.3) is 0 Å². The van der Waals surface area contributed by atoms with E-state index in [1.165, 1.54) is 4.57 Å². The highest BCUT2D eigenvalue weighted by atomic mass is 35.5. The van der Waals surface area contributed by atoms with Crippen LogP contribution < -0.4 is 21.4 Å². The van der Waals surface area contributed by atoms with Gasteiger partial charge in [-0.25, -0.2) is 14.2 Å². The number of aliphatic hydroxyl groups excluding tert-OH is 1. The third kappa shape index (κ3) is 6.46. The van der Waals surface area contributed by atoms with E-state index in [-0.39, 0.29) is 31.7 Å². The lowest BCUT2D eigenvalue weighted by Crippen LogP contribution is -2.43. The van der Waals surface area contributed by atoms with Gasteiger partial charge in [0, 0.05) is 10.7 Å². The van der Waals surface area contributed by atoms with Crippen LogP contribution in [0.15, 0.2) is 58.1 Å². The van der Waals surface area contributed by atoms with Gasteiger partial charge in [0.1, 0.15) is 5.75 Å². The number of halogens is 1. The van der Waals surface area contributed by atoms with Crippen molar-refractivity contribution in [2.75, 3.05) is 11.9 Å². The molecule has 2 N–H and O–H groups in total. The first-order chi connectivity index (χ1) is 15.9. The Labute approximate surface area is 197 Å². The number of anilines is 2. The number of aliphatic hydroxyl groups is 1. The summed E-state index contributed by atoms with van der Waals surface area (Å²) < 4.78 is 8.29. The van der Waals surface area contributed by atoms with Crippen LogP contribution in [-0.4, -0.2) is 31.9 Å². The molecule has 1 aromatic heterocycles. The van der Waals surface area contributed by atoms with Crippen LogP contribution in [0.1, 0.15) is 38.7 Å². The molecule has 9 heteroatoms. The van der Waals surface area contributed by atoms with Gasteiger partial charge in [-0.1, -0.05) is 44.0 Å². The molecule has 8 nitrogen and oxygen atoms in total.